The summed E-state index contributed by atoms with van der Waals surface area (Å²) >= 11 is 0. The van der Waals surface area contributed by atoms with Crippen LogP contribution in [0.15, 0.2) is 42.6 Å². The van der Waals surface area contributed by atoms with Crippen molar-refractivity contribution in [2.75, 3.05) is 37.7 Å². The third-order valence-corrected chi connectivity index (χ3v) is 5.29. The summed E-state index contributed by atoms with van der Waals surface area (Å²) in [4.78, 5) is 21.0. The molecule has 5 nitrogen and oxygen atoms in total. The molecule has 1 fully saturated rings. The number of aromatic nitrogens is 1. The van der Waals surface area contributed by atoms with Gasteiger partial charge in [0.15, 0.2) is 6.61 Å². The number of benzene rings is 1. The van der Waals surface area contributed by atoms with Gasteiger partial charge in [-0.25, -0.2) is 4.98 Å². The van der Waals surface area contributed by atoms with E-state index in [1.807, 2.05) is 29.2 Å². The van der Waals surface area contributed by atoms with Gasteiger partial charge in [-0.15, -0.1) is 0 Å². The van der Waals surface area contributed by atoms with E-state index in [1.165, 1.54) is 24.0 Å². The van der Waals surface area contributed by atoms with Crippen LogP contribution in [0.5, 0.6) is 5.75 Å². The summed E-state index contributed by atoms with van der Waals surface area (Å²) in [5.74, 6) is 1.85. The maximum absolute atomic E-state index is 12.5. The maximum Gasteiger partial charge on any atom is 0.260 e. The minimum Gasteiger partial charge on any atom is -0.484 e. The second-order valence-electron chi connectivity index (χ2n) is 6.98. The third kappa shape index (κ3) is 3.82. The van der Waals surface area contributed by atoms with Crippen LogP contribution < -0.4 is 9.64 Å². The zero-order valence-corrected chi connectivity index (χ0v) is 15.1. The van der Waals surface area contributed by atoms with Crippen molar-refractivity contribution in [2.45, 2.75) is 25.7 Å². The molecule has 0 atom stereocenters. The molecule has 0 bridgehead atoms. The number of ether oxygens (including phenoxy) is 1. The number of piperazine rings is 1. The number of rotatable bonds is 4. The van der Waals surface area contributed by atoms with Crippen LogP contribution in [0, 0.1) is 0 Å². The van der Waals surface area contributed by atoms with Crippen LogP contribution in [-0.2, 0) is 17.6 Å². The van der Waals surface area contributed by atoms with Gasteiger partial charge in [-0.2, -0.15) is 0 Å². The summed E-state index contributed by atoms with van der Waals surface area (Å²) in [5.41, 5.74) is 2.81. The predicted octanol–water partition coefficient (Wildman–Crippen LogP) is 2.69. The van der Waals surface area contributed by atoms with Crippen LogP contribution in [0.3, 0.4) is 0 Å². The monoisotopic (exact) mass is 351 g/mol. The SMILES string of the molecule is O=C(COc1ccc2c(c1)CCCC2)N1CCN(c2ccccn2)CC1. The summed E-state index contributed by atoms with van der Waals surface area (Å²) in [6.45, 7) is 3.15. The lowest BCUT2D eigenvalue weighted by molar-refractivity contribution is -0.133. The molecule has 1 saturated heterocycles. The molecule has 0 unspecified atom stereocenters. The number of amides is 1. The highest BCUT2D eigenvalue weighted by atomic mass is 16.5. The summed E-state index contributed by atoms with van der Waals surface area (Å²) in [6, 6.07) is 12.2. The fourth-order valence-electron chi connectivity index (χ4n) is 3.76. The Kier molecular flexibility index (Phi) is 5.04. The Morgan fingerprint density at radius 1 is 1.00 bits per heavy atom. The Morgan fingerprint density at radius 2 is 1.81 bits per heavy atom. The Balaban J connectivity index is 1.28. The number of aryl methyl sites for hydroxylation is 2. The van der Waals surface area contributed by atoms with E-state index in [4.69, 9.17) is 4.74 Å². The van der Waals surface area contributed by atoms with E-state index in [0.29, 0.717) is 13.1 Å². The lowest BCUT2D eigenvalue weighted by Gasteiger charge is -2.35. The number of fused-ring (bicyclic) bond motifs is 1. The molecule has 26 heavy (non-hydrogen) atoms. The fourth-order valence-corrected chi connectivity index (χ4v) is 3.76. The van der Waals surface area contributed by atoms with Crippen LogP contribution in [-0.4, -0.2) is 48.6 Å². The summed E-state index contributed by atoms with van der Waals surface area (Å²) in [6.07, 6.45) is 6.61. The highest BCUT2D eigenvalue weighted by molar-refractivity contribution is 5.78. The summed E-state index contributed by atoms with van der Waals surface area (Å²) < 4.78 is 5.78. The van der Waals surface area contributed by atoms with Crippen molar-refractivity contribution in [1.29, 1.82) is 0 Å². The molecule has 1 aromatic carbocycles. The number of carbonyl (C=O) groups excluding carboxylic acids is 1. The number of pyridine rings is 1. The first-order valence-electron chi connectivity index (χ1n) is 9.48. The molecular weight excluding hydrogens is 326 g/mol. The van der Waals surface area contributed by atoms with Crippen molar-refractivity contribution in [3.8, 4) is 5.75 Å². The minimum absolute atomic E-state index is 0.0587. The Bertz CT molecular complexity index is 755. The van der Waals surface area contributed by atoms with Crippen LogP contribution in [0.1, 0.15) is 24.0 Å². The van der Waals surface area contributed by atoms with Gasteiger partial charge in [0.1, 0.15) is 11.6 Å². The van der Waals surface area contributed by atoms with Gasteiger partial charge in [0, 0.05) is 32.4 Å². The van der Waals surface area contributed by atoms with Crippen molar-refractivity contribution >= 4 is 11.7 Å². The summed E-state index contributed by atoms with van der Waals surface area (Å²) in [7, 11) is 0. The Labute approximate surface area is 154 Å². The molecule has 1 aromatic heterocycles. The van der Waals surface area contributed by atoms with E-state index >= 15 is 0 Å². The highest BCUT2D eigenvalue weighted by Gasteiger charge is 2.22. The number of hydrogen-bond acceptors (Lipinski definition) is 4. The smallest absolute Gasteiger partial charge is 0.260 e. The molecular formula is C21H25N3O2. The van der Waals surface area contributed by atoms with Crippen molar-refractivity contribution in [3.63, 3.8) is 0 Å². The summed E-state index contributed by atoms with van der Waals surface area (Å²) in [5, 5.41) is 0. The first kappa shape index (κ1) is 16.9. The lowest BCUT2D eigenvalue weighted by atomic mass is 9.92. The van der Waals surface area contributed by atoms with Crippen LogP contribution in [0.25, 0.3) is 0 Å². The van der Waals surface area contributed by atoms with Crippen molar-refractivity contribution < 1.29 is 9.53 Å². The zero-order valence-electron chi connectivity index (χ0n) is 15.1. The van der Waals surface area contributed by atoms with Crippen molar-refractivity contribution in [1.82, 2.24) is 9.88 Å². The molecule has 1 aliphatic heterocycles. The molecule has 0 N–H and O–H groups in total. The van der Waals surface area contributed by atoms with E-state index in [9.17, 15) is 4.79 Å². The highest BCUT2D eigenvalue weighted by Crippen LogP contribution is 2.25. The lowest BCUT2D eigenvalue weighted by Crippen LogP contribution is -2.50. The van der Waals surface area contributed by atoms with Crippen molar-refractivity contribution in [2.24, 2.45) is 0 Å². The van der Waals surface area contributed by atoms with Crippen molar-refractivity contribution in [3.05, 3.63) is 53.7 Å². The molecule has 5 heteroatoms. The maximum atomic E-state index is 12.5. The number of nitrogens with zero attached hydrogens (tertiary/aromatic N) is 3. The molecule has 0 spiro atoms. The van der Waals surface area contributed by atoms with E-state index in [-0.39, 0.29) is 12.5 Å². The largest absolute Gasteiger partial charge is 0.484 e. The van der Waals surface area contributed by atoms with E-state index in [2.05, 4.69) is 22.0 Å². The molecule has 4 rings (SSSR count). The van der Waals surface area contributed by atoms with Gasteiger partial charge in [0.25, 0.3) is 5.91 Å². The molecule has 0 radical (unpaired) electrons. The van der Waals surface area contributed by atoms with E-state index in [1.54, 1.807) is 6.20 Å². The topological polar surface area (TPSA) is 45.7 Å². The number of anilines is 1. The van der Waals surface area contributed by atoms with Gasteiger partial charge in [0.2, 0.25) is 0 Å². The second kappa shape index (κ2) is 7.77. The van der Waals surface area contributed by atoms with Crippen LogP contribution in [0.4, 0.5) is 5.82 Å². The Hall–Kier alpha value is -2.56. The average molecular weight is 351 g/mol. The molecule has 1 aliphatic carbocycles. The van der Waals surface area contributed by atoms with Gasteiger partial charge in [-0.05, 0) is 61.1 Å². The molecule has 2 heterocycles. The zero-order chi connectivity index (χ0) is 17.8. The second-order valence-corrected chi connectivity index (χ2v) is 6.98. The number of hydrogen-bond donors (Lipinski definition) is 0. The molecule has 2 aromatic rings. The molecule has 1 amide bonds. The standard InChI is InChI=1S/C21H25N3O2/c25-21(16-26-19-9-8-17-5-1-2-6-18(17)15-19)24-13-11-23(12-14-24)20-7-3-4-10-22-20/h3-4,7-10,15H,1-2,5-6,11-14,16H2. The normalized spacial score (nSPS) is 16.9. The van der Waals surface area contributed by atoms with Crippen LogP contribution in [0.2, 0.25) is 0 Å². The third-order valence-electron chi connectivity index (χ3n) is 5.29. The predicted molar refractivity (Wildman–Crippen MR) is 102 cm³/mol. The van der Waals surface area contributed by atoms with Gasteiger partial charge in [-0.1, -0.05) is 12.1 Å². The van der Waals surface area contributed by atoms with E-state index in [0.717, 1.165) is 37.5 Å². The molecule has 2 aliphatic rings. The quantitative estimate of drug-likeness (QED) is 0.850. The fraction of sp³-hybridized carbons (Fsp3) is 0.429. The first-order valence-corrected chi connectivity index (χ1v) is 9.48. The molecule has 0 saturated carbocycles. The Morgan fingerprint density at radius 3 is 2.58 bits per heavy atom. The van der Waals surface area contributed by atoms with Gasteiger partial charge in [-0.3, -0.25) is 4.79 Å². The number of carbonyl (C=O) groups is 1. The average Bonchev–Trinajstić information content (AvgIpc) is 2.72. The molecule has 136 valence electrons. The first-order chi connectivity index (χ1) is 12.8. The van der Waals surface area contributed by atoms with E-state index < -0.39 is 0 Å². The van der Waals surface area contributed by atoms with Gasteiger partial charge < -0.3 is 14.5 Å². The van der Waals surface area contributed by atoms with Gasteiger partial charge in [0.05, 0.1) is 0 Å². The van der Waals surface area contributed by atoms with Crippen LogP contribution >= 0.6 is 0 Å². The minimum atomic E-state index is 0.0587. The van der Waals surface area contributed by atoms with Gasteiger partial charge >= 0.3 is 0 Å².